The van der Waals surface area contributed by atoms with E-state index in [9.17, 15) is 13.2 Å². The predicted molar refractivity (Wildman–Crippen MR) is 93.5 cm³/mol. The predicted octanol–water partition coefficient (Wildman–Crippen LogP) is 0.463. The second-order valence-electron chi connectivity index (χ2n) is 6.80. The number of benzene rings is 1. The van der Waals surface area contributed by atoms with Crippen LogP contribution in [0, 0.1) is 5.92 Å². The molecule has 1 aliphatic heterocycles. The zero-order chi connectivity index (χ0) is 17.6. The topological polar surface area (TPSA) is 89.4 Å². The zero-order valence-corrected chi connectivity index (χ0v) is 14.7. The Balaban J connectivity index is 1.46. The van der Waals surface area contributed by atoms with Crippen molar-refractivity contribution in [1.29, 1.82) is 0 Å². The molecule has 2 aliphatic rings. The minimum atomic E-state index is -3.36. The smallest absolute Gasteiger partial charge is 0.240 e. The van der Waals surface area contributed by atoms with Crippen LogP contribution in [0.4, 0.5) is 0 Å². The molecule has 1 saturated carbocycles. The third-order valence-corrected chi connectivity index (χ3v) is 5.76. The molecule has 4 rings (SSSR count). The number of fused-ring (bicyclic) bond motifs is 2. The first-order valence-electron chi connectivity index (χ1n) is 8.34. The molecule has 0 radical (unpaired) electrons. The quantitative estimate of drug-likeness (QED) is 0.808. The van der Waals surface area contributed by atoms with Gasteiger partial charge in [-0.2, -0.15) is 0 Å². The minimum absolute atomic E-state index is 0.128. The fraction of sp³-hybridized carbons (Fsp3) is 0.471. The number of ether oxygens (including phenoxy) is 1. The third kappa shape index (κ3) is 3.17. The molecule has 8 heteroatoms. The van der Waals surface area contributed by atoms with Gasteiger partial charge in [-0.05, 0) is 23.9 Å². The van der Waals surface area contributed by atoms with Crippen molar-refractivity contribution in [3.8, 4) is 0 Å². The summed E-state index contributed by atoms with van der Waals surface area (Å²) in [5.41, 5.74) is 0.999. The standard InChI is InChI=1S/C17H21N3O4S/c1-25(22,23)19-16-15(12-7-9-24-17(12)16)18-14(21)10-20-8-6-11-4-2-3-5-13(11)20/h2-6,8,12,15-17,19H,7,9-10H2,1H3,(H,18,21)/t12-,15+,16-,17-/m0/s1. The number of rotatable bonds is 5. The van der Waals surface area contributed by atoms with E-state index in [0.29, 0.717) is 6.61 Å². The molecule has 7 nitrogen and oxygen atoms in total. The highest BCUT2D eigenvalue weighted by molar-refractivity contribution is 7.88. The van der Waals surface area contributed by atoms with Crippen molar-refractivity contribution in [2.45, 2.75) is 31.2 Å². The van der Waals surface area contributed by atoms with Crippen molar-refractivity contribution < 1.29 is 17.9 Å². The second kappa shape index (κ2) is 6.12. The molecule has 2 heterocycles. The second-order valence-corrected chi connectivity index (χ2v) is 8.58. The van der Waals surface area contributed by atoms with Gasteiger partial charge in [0.2, 0.25) is 15.9 Å². The van der Waals surface area contributed by atoms with E-state index in [1.807, 2.05) is 41.1 Å². The van der Waals surface area contributed by atoms with E-state index in [1.54, 1.807) is 0 Å². The van der Waals surface area contributed by atoms with Crippen LogP contribution in [0.5, 0.6) is 0 Å². The molecule has 1 aliphatic carbocycles. The molecule has 0 bridgehead atoms. The number of amides is 1. The lowest BCUT2D eigenvalue weighted by atomic mass is 9.72. The van der Waals surface area contributed by atoms with Gasteiger partial charge in [-0.3, -0.25) is 4.79 Å². The number of sulfonamides is 1. The maximum atomic E-state index is 12.5. The maximum absolute atomic E-state index is 12.5. The number of hydrogen-bond donors (Lipinski definition) is 2. The molecule has 1 saturated heterocycles. The summed E-state index contributed by atoms with van der Waals surface area (Å²) in [5, 5.41) is 4.08. The Bertz CT molecular complexity index is 908. The lowest BCUT2D eigenvalue weighted by molar-refractivity contribution is -0.125. The molecular weight excluding hydrogens is 342 g/mol. The number of para-hydroxylation sites is 1. The van der Waals surface area contributed by atoms with Crippen LogP contribution in [-0.4, -0.2) is 49.9 Å². The van der Waals surface area contributed by atoms with Crippen LogP contribution >= 0.6 is 0 Å². The summed E-state index contributed by atoms with van der Waals surface area (Å²) < 4.78 is 33.2. The third-order valence-electron chi connectivity index (χ3n) is 5.06. The summed E-state index contributed by atoms with van der Waals surface area (Å²) in [6, 6.07) is 9.23. The van der Waals surface area contributed by atoms with Crippen molar-refractivity contribution in [3.05, 3.63) is 36.5 Å². The van der Waals surface area contributed by atoms with Gasteiger partial charge in [-0.1, -0.05) is 18.2 Å². The van der Waals surface area contributed by atoms with Crippen LogP contribution in [0.2, 0.25) is 0 Å². The van der Waals surface area contributed by atoms with Gasteiger partial charge in [-0.25, -0.2) is 13.1 Å². The SMILES string of the molecule is CS(=O)(=O)N[C@H]1[C@H](NC(=O)Cn2ccc3ccccc32)[C@@H]2CCO[C@@H]21. The summed E-state index contributed by atoms with van der Waals surface area (Å²) in [4.78, 5) is 12.5. The summed E-state index contributed by atoms with van der Waals surface area (Å²) in [6.45, 7) is 0.805. The minimum Gasteiger partial charge on any atom is -0.376 e. The Kier molecular flexibility index (Phi) is 4.05. The van der Waals surface area contributed by atoms with E-state index in [1.165, 1.54) is 0 Å². The van der Waals surface area contributed by atoms with E-state index in [4.69, 9.17) is 4.74 Å². The Labute approximate surface area is 146 Å². The molecule has 2 fully saturated rings. The van der Waals surface area contributed by atoms with E-state index < -0.39 is 16.1 Å². The summed E-state index contributed by atoms with van der Waals surface area (Å²) in [5.74, 6) is 0.0432. The van der Waals surface area contributed by atoms with Crippen molar-refractivity contribution in [2.24, 2.45) is 5.92 Å². The lowest BCUT2D eigenvalue weighted by Gasteiger charge is -2.47. The number of carbonyl (C=O) groups is 1. The highest BCUT2D eigenvalue weighted by Crippen LogP contribution is 2.39. The van der Waals surface area contributed by atoms with Gasteiger partial charge in [0.15, 0.2) is 0 Å². The normalized spacial score (nSPS) is 28.5. The van der Waals surface area contributed by atoms with Crippen LogP contribution in [0.25, 0.3) is 10.9 Å². The Morgan fingerprint density at radius 2 is 2.08 bits per heavy atom. The molecule has 1 aromatic carbocycles. The number of aromatic nitrogens is 1. The van der Waals surface area contributed by atoms with E-state index >= 15 is 0 Å². The van der Waals surface area contributed by atoms with Gasteiger partial charge in [0.05, 0.1) is 24.4 Å². The van der Waals surface area contributed by atoms with Crippen molar-refractivity contribution >= 4 is 26.8 Å². The van der Waals surface area contributed by atoms with Crippen LogP contribution < -0.4 is 10.0 Å². The maximum Gasteiger partial charge on any atom is 0.240 e. The zero-order valence-electron chi connectivity index (χ0n) is 13.9. The van der Waals surface area contributed by atoms with Crippen molar-refractivity contribution in [1.82, 2.24) is 14.6 Å². The number of nitrogens with zero attached hydrogens (tertiary/aromatic N) is 1. The van der Waals surface area contributed by atoms with E-state index in [0.717, 1.165) is 23.6 Å². The van der Waals surface area contributed by atoms with Crippen LogP contribution in [0.3, 0.4) is 0 Å². The Morgan fingerprint density at radius 1 is 1.28 bits per heavy atom. The largest absolute Gasteiger partial charge is 0.376 e. The first kappa shape index (κ1) is 16.6. The number of carbonyl (C=O) groups excluding carboxylic acids is 1. The number of hydrogen-bond acceptors (Lipinski definition) is 4. The molecule has 0 unspecified atom stereocenters. The fourth-order valence-electron chi connectivity index (χ4n) is 3.96. The average Bonchev–Trinajstić information content (AvgIpc) is 3.15. The molecule has 1 amide bonds. The monoisotopic (exact) mass is 363 g/mol. The first-order valence-corrected chi connectivity index (χ1v) is 10.2. The van der Waals surface area contributed by atoms with Gasteiger partial charge >= 0.3 is 0 Å². The summed E-state index contributed by atoms with van der Waals surface area (Å²) in [6.07, 6.45) is 3.70. The molecule has 134 valence electrons. The molecule has 2 aromatic rings. The van der Waals surface area contributed by atoms with Crippen LogP contribution in [0.1, 0.15) is 6.42 Å². The van der Waals surface area contributed by atoms with Gasteiger partial charge in [0.1, 0.15) is 6.54 Å². The molecular formula is C17H21N3O4S. The van der Waals surface area contributed by atoms with Crippen molar-refractivity contribution in [3.63, 3.8) is 0 Å². The molecule has 25 heavy (non-hydrogen) atoms. The molecule has 0 spiro atoms. The average molecular weight is 363 g/mol. The Hall–Kier alpha value is -1.90. The highest BCUT2D eigenvalue weighted by atomic mass is 32.2. The Morgan fingerprint density at radius 3 is 2.88 bits per heavy atom. The van der Waals surface area contributed by atoms with E-state index in [-0.39, 0.29) is 30.5 Å². The van der Waals surface area contributed by atoms with Gasteiger partial charge < -0.3 is 14.6 Å². The van der Waals surface area contributed by atoms with Gasteiger partial charge in [0.25, 0.3) is 0 Å². The highest BCUT2D eigenvalue weighted by Gasteiger charge is 2.55. The van der Waals surface area contributed by atoms with Gasteiger partial charge in [0, 0.05) is 24.2 Å². The summed E-state index contributed by atoms with van der Waals surface area (Å²) >= 11 is 0. The number of nitrogens with one attached hydrogen (secondary N) is 2. The molecule has 2 N–H and O–H groups in total. The van der Waals surface area contributed by atoms with Crippen LogP contribution in [0.15, 0.2) is 36.5 Å². The summed E-state index contributed by atoms with van der Waals surface area (Å²) in [7, 11) is -3.36. The molecule has 1 aromatic heterocycles. The lowest BCUT2D eigenvalue weighted by Crippen LogP contribution is -2.71. The van der Waals surface area contributed by atoms with Gasteiger partial charge in [-0.15, -0.1) is 0 Å². The molecule has 4 atom stereocenters. The van der Waals surface area contributed by atoms with Crippen molar-refractivity contribution in [2.75, 3.05) is 12.9 Å². The van der Waals surface area contributed by atoms with Crippen LogP contribution in [-0.2, 0) is 26.1 Å². The fourth-order valence-corrected chi connectivity index (χ4v) is 4.73. The van der Waals surface area contributed by atoms with E-state index in [2.05, 4.69) is 10.0 Å². The first-order chi connectivity index (χ1) is 11.9.